The Balaban J connectivity index is 1.92. The van der Waals surface area contributed by atoms with Gasteiger partial charge in [0.1, 0.15) is 6.04 Å². The molecular formula is C33H41NO4S. The van der Waals surface area contributed by atoms with Crippen LogP contribution in [0, 0.1) is 6.92 Å². The third-order valence-corrected chi connectivity index (χ3v) is 7.76. The van der Waals surface area contributed by atoms with Gasteiger partial charge in [-0.15, -0.1) is 0 Å². The van der Waals surface area contributed by atoms with Gasteiger partial charge >= 0.3 is 5.97 Å². The molecule has 0 bridgehead atoms. The molecule has 5 nitrogen and oxygen atoms in total. The summed E-state index contributed by atoms with van der Waals surface area (Å²) in [5.74, 6) is 0.907. The lowest BCUT2D eigenvalue weighted by molar-refractivity contribution is -0.139. The van der Waals surface area contributed by atoms with Crippen LogP contribution in [0.1, 0.15) is 85.2 Å². The molecule has 0 aliphatic rings. The summed E-state index contributed by atoms with van der Waals surface area (Å²) in [7, 11) is 0. The first kappa shape index (κ1) is 30.5. The smallest absolute Gasteiger partial charge is 0.326 e. The van der Waals surface area contributed by atoms with Crippen LogP contribution in [0.2, 0.25) is 0 Å². The molecule has 0 heterocycles. The van der Waals surface area contributed by atoms with Crippen LogP contribution in [0.5, 0.6) is 0 Å². The fourth-order valence-electron chi connectivity index (χ4n) is 4.54. The van der Waals surface area contributed by atoms with E-state index in [0.717, 1.165) is 33.8 Å². The molecule has 0 aromatic heterocycles. The lowest BCUT2D eigenvalue weighted by Gasteiger charge is -2.21. The number of thioether (sulfide) groups is 1. The maximum Gasteiger partial charge on any atom is 0.326 e. The fraction of sp³-hybridized carbons (Fsp3) is 0.394. The first-order valence-electron chi connectivity index (χ1n) is 13.8. The Labute approximate surface area is 237 Å². The van der Waals surface area contributed by atoms with Gasteiger partial charge in [-0.1, -0.05) is 88.7 Å². The summed E-state index contributed by atoms with van der Waals surface area (Å²) in [6.45, 7) is 10.9. The quantitative estimate of drug-likeness (QED) is 0.216. The third kappa shape index (κ3) is 8.45. The molecule has 0 aliphatic heterocycles. The summed E-state index contributed by atoms with van der Waals surface area (Å²) in [6.07, 6.45) is 0.987. The Kier molecular flexibility index (Phi) is 11.6. The van der Waals surface area contributed by atoms with Crippen molar-refractivity contribution in [1.82, 2.24) is 5.32 Å². The zero-order chi connectivity index (χ0) is 28.4. The summed E-state index contributed by atoms with van der Waals surface area (Å²) in [4.78, 5) is 25.0. The summed E-state index contributed by atoms with van der Waals surface area (Å²) in [6, 6.07) is 21.3. The molecule has 0 saturated carbocycles. The number of carbonyl (C=O) groups is 2. The highest BCUT2D eigenvalue weighted by molar-refractivity contribution is 7.99. The van der Waals surface area contributed by atoms with Crippen molar-refractivity contribution >= 4 is 23.6 Å². The van der Waals surface area contributed by atoms with E-state index < -0.39 is 12.0 Å². The third-order valence-electron chi connectivity index (χ3n) is 6.82. The zero-order valence-electron chi connectivity index (χ0n) is 23.7. The van der Waals surface area contributed by atoms with E-state index in [1.54, 1.807) is 6.07 Å². The summed E-state index contributed by atoms with van der Waals surface area (Å²) < 4.78 is 6.50. The molecule has 0 fully saturated rings. The highest BCUT2D eigenvalue weighted by Gasteiger charge is 2.23. The molecular weight excluding hydrogens is 506 g/mol. The van der Waals surface area contributed by atoms with E-state index in [0.29, 0.717) is 30.9 Å². The van der Waals surface area contributed by atoms with E-state index in [2.05, 4.69) is 50.4 Å². The number of hydrogen-bond donors (Lipinski definition) is 2. The Morgan fingerprint density at radius 2 is 1.69 bits per heavy atom. The van der Waals surface area contributed by atoms with Crippen molar-refractivity contribution in [3.8, 4) is 11.1 Å². The zero-order valence-corrected chi connectivity index (χ0v) is 24.5. The van der Waals surface area contributed by atoms with Crippen LogP contribution in [0.4, 0.5) is 0 Å². The second-order valence-electron chi connectivity index (χ2n) is 10.1. The maximum absolute atomic E-state index is 13.3. The van der Waals surface area contributed by atoms with Gasteiger partial charge in [0.25, 0.3) is 5.91 Å². The van der Waals surface area contributed by atoms with E-state index in [1.807, 2.05) is 62.0 Å². The van der Waals surface area contributed by atoms with Crippen molar-refractivity contribution in [2.45, 2.75) is 72.1 Å². The minimum atomic E-state index is -1.02. The van der Waals surface area contributed by atoms with Gasteiger partial charge in [-0.3, -0.25) is 4.79 Å². The molecule has 3 aromatic rings. The summed E-state index contributed by atoms with van der Waals surface area (Å²) >= 11 is 1.85. The number of carboxylic acid groups (broad SMARTS) is 1. The standard InChI is InChI=1S/C33H41NO4S/c1-6-11-30(33(36)37)34-32(35)28-17-16-24(18-29(28)27-15-9-8-12-23(27)5)20-38-31(21-39-7-2)26-14-10-13-25(19-26)22(3)4/h8-10,12-19,22,30-31H,6-7,11,20-21H2,1-5H3,(H,34,35)(H,36,37). The summed E-state index contributed by atoms with van der Waals surface area (Å²) in [5.41, 5.74) is 6.63. The van der Waals surface area contributed by atoms with Gasteiger partial charge in [-0.25, -0.2) is 4.79 Å². The Bertz CT molecular complexity index is 1260. The highest BCUT2D eigenvalue weighted by atomic mass is 32.2. The molecule has 3 aromatic carbocycles. The minimum Gasteiger partial charge on any atom is -0.480 e. The predicted octanol–water partition coefficient (Wildman–Crippen LogP) is 7.78. The highest BCUT2D eigenvalue weighted by Crippen LogP contribution is 2.31. The molecule has 0 saturated heterocycles. The second-order valence-corrected chi connectivity index (χ2v) is 11.5. The molecule has 2 atom stereocenters. The SMILES string of the molecule is CCCC(NC(=O)c1ccc(COC(CSCC)c2cccc(C(C)C)c2)cc1-c1ccccc1C)C(=O)O. The Hall–Kier alpha value is -3.09. The van der Waals surface area contributed by atoms with Crippen molar-refractivity contribution in [2.75, 3.05) is 11.5 Å². The van der Waals surface area contributed by atoms with Crippen molar-refractivity contribution in [3.05, 3.63) is 94.5 Å². The van der Waals surface area contributed by atoms with E-state index in [9.17, 15) is 14.7 Å². The fourth-order valence-corrected chi connectivity index (χ4v) is 5.28. The first-order valence-corrected chi connectivity index (χ1v) is 14.9. The number of hydrogen-bond acceptors (Lipinski definition) is 4. The normalized spacial score (nSPS) is 12.8. The van der Waals surface area contributed by atoms with Crippen LogP contribution in [-0.4, -0.2) is 34.5 Å². The summed E-state index contributed by atoms with van der Waals surface area (Å²) in [5, 5.41) is 12.3. The molecule has 1 amide bonds. The topological polar surface area (TPSA) is 75.6 Å². The largest absolute Gasteiger partial charge is 0.480 e. The van der Waals surface area contributed by atoms with Crippen molar-refractivity contribution in [2.24, 2.45) is 0 Å². The number of aryl methyl sites for hydroxylation is 1. The van der Waals surface area contributed by atoms with E-state index in [1.165, 1.54) is 11.1 Å². The van der Waals surface area contributed by atoms with Crippen molar-refractivity contribution in [3.63, 3.8) is 0 Å². The van der Waals surface area contributed by atoms with Gasteiger partial charge in [0, 0.05) is 11.3 Å². The van der Waals surface area contributed by atoms with E-state index >= 15 is 0 Å². The molecule has 0 spiro atoms. The molecule has 3 rings (SSSR count). The Morgan fingerprint density at radius 1 is 0.949 bits per heavy atom. The van der Waals surface area contributed by atoms with Gasteiger partial charge in [0.05, 0.1) is 12.7 Å². The molecule has 2 N–H and O–H groups in total. The molecule has 6 heteroatoms. The Morgan fingerprint density at radius 3 is 2.36 bits per heavy atom. The molecule has 2 unspecified atom stereocenters. The van der Waals surface area contributed by atoms with Crippen LogP contribution in [-0.2, 0) is 16.1 Å². The second kappa shape index (κ2) is 14.9. The van der Waals surface area contributed by atoms with E-state index in [-0.39, 0.29) is 12.0 Å². The van der Waals surface area contributed by atoms with Crippen LogP contribution in [0.3, 0.4) is 0 Å². The van der Waals surface area contributed by atoms with Crippen LogP contribution >= 0.6 is 11.8 Å². The number of carbonyl (C=O) groups excluding carboxylic acids is 1. The number of benzene rings is 3. The van der Waals surface area contributed by atoms with Gasteiger partial charge in [-0.2, -0.15) is 11.8 Å². The van der Waals surface area contributed by atoms with E-state index in [4.69, 9.17) is 4.74 Å². The number of rotatable bonds is 14. The number of aliphatic carboxylic acids is 1. The maximum atomic E-state index is 13.3. The van der Waals surface area contributed by atoms with Crippen LogP contribution < -0.4 is 5.32 Å². The van der Waals surface area contributed by atoms with Gasteiger partial charge in [-0.05, 0) is 70.5 Å². The van der Waals surface area contributed by atoms with Crippen LogP contribution in [0.15, 0.2) is 66.7 Å². The van der Waals surface area contributed by atoms with Crippen LogP contribution in [0.25, 0.3) is 11.1 Å². The first-order chi connectivity index (χ1) is 18.7. The average molecular weight is 548 g/mol. The lowest BCUT2D eigenvalue weighted by Crippen LogP contribution is -2.40. The van der Waals surface area contributed by atoms with Gasteiger partial charge in [0.2, 0.25) is 0 Å². The number of ether oxygens (including phenoxy) is 1. The van der Waals surface area contributed by atoms with Gasteiger partial charge < -0.3 is 15.2 Å². The average Bonchev–Trinajstić information content (AvgIpc) is 2.93. The number of amides is 1. The van der Waals surface area contributed by atoms with Crippen molar-refractivity contribution < 1.29 is 19.4 Å². The molecule has 0 aliphatic carbocycles. The molecule has 0 radical (unpaired) electrons. The molecule has 39 heavy (non-hydrogen) atoms. The van der Waals surface area contributed by atoms with Crippen molar-refractivity contribution in [1.29, 1.82) is 0 Å². The lowest BCUT2D eigenvalue weighted by atomic mass is 9.93. The predicted molar refractivity (Wildman–Crippen MR) is 161 cm³/mol. The monoisotopic (exact) mass is 547 g/mol. The number of nitrogens with one attached hydrogen (secondary N) is 1. The number of carboxylic acids is 1. The van der Waals surface area contributed by atoms with Gasteiger partial charge in [0.15, 0.2) is 0 Å². The minimum absolute atomic E-state index is 0.0519. The molecule has 208 valence electrons.